The molecule has 1 N–H and O–H groups in total. The van der Waals surface area contributed by atoms with Crippen molar-refractivity contribution < 1.29 is 0 Å². The molecule has 1 fully saturated rings. The van der Waals surface area contributed by atoms with Gasteiger partial charge in [-0.15, -0.1) is 12.4 Å². The summed E-state index contributed by atoms with van der Waals surface area (Å²) in [5.74, 6) is 0. The highest BCUT2D eigenvalue weighted by Crippen LogP contribution is 2.22. The Balaban J connectivity index is 0.000000605. The van der Waals surface area contributed by atoms with E-state index in [0.717, 1.165) is 11.0 Å². The number of nitrogens with one attached hydrogen (secondary N) is 1. The summed E-state index contributed by atoms with van der Waals surface area (Å²) < 4.78 is 1.15. The lowest BCUT2D eigenvalue weighted by molar-refractivity contribution is 1.08. The van der Waals surface area contributed by atoms with Crippen molar-refractivity contribution in [2.45, 2.75) is 6.04 Å². The minimum absolute atomic E-state index is 0. The summed E-state index contributed by atoms with van der Waals surface area (Å²) >= 11 is 3.39. The Morgan fingerprint density at radius 2 is 1.82 bits per heavy atom. The van der Waals surface area contributed by atoms with Crippen molar-refractivity contribution in [1.29, 1.82) is 0 Å². The molecule has 2 rings (SSSR count). The highest BCUT2D eigenvalue weighted by Gasteiger charge is 2.21. The van der Waals surface area contributed by atoms with E-state index < -0.39 is 0 Å². The zero-order valence-electron chi connectivity index (χ0n) is 5.88. The Morgan fingerprint density at radius 3 is 2.27 bits per heavy atom. The molecule has 0 aromatic heterocycles. The summed E-state index contributed by atoms with van der Waals surface area (Å²) in [5.41, 5.74) is 1.39. The molecule has 3 heteroatoms. The molecule has 60 valence electrons. The van der Waals surface area contributed by atoms with E-state index >= 15 is 0 Å². The topological polar surface area (TPSA) is 21.9 Å². The predicted molar refractivity (Wildman–Crippen MR) is 52.1 cm³/mol. The molecule has 1 heterocycles. The van der Waals surface area contributed by atoms with Gasteiger partial charge in [-0.25, -0.2) is 0 Å². The van der Waals surface area contributed by atoms with Crippen LogP contribution in [0.4, 0.5) is 0 Å². The van der Waals surface area contributed by atoms with E-state index in [4.69, 9.17) is 0 Å². The van der Waals surface area contributed by atoms with Crippen LogP contribution in [0.15, 0.2) is 28.7 Å². The first-order valence-electron chi connectivity index (χ1n) is 3.35. The Labute approximate surface area is 80.7 Å². The summed E-state index contributed by atoms with van der Waals surface area (Å²) in [4.78, 5) is 0. The fourth-order valence-electron chi connectivity index (χ4n) is 0.990. The van der Waals surface area contributed by atoms with E-state index in [0.29, 0.717) is 6.04 Å². The minimum atomic E-state index is 0. The Kier molecular flexibility index (Phi) is 2.93. The number of hydrogen-bond acceptors (Lipinski definition) is 1. The van der Waals surface area contributed by atoms with Crippen molar-refractivity contribution in [2.75, 3.05) is 6.54 Å². The number of benzene rings is 1. The van der Waals surface area contributed by atoms with Gasteiger partial charge in [0.2, 0.25) is 0 Å². The van der Waals surface area contributed by atoms with Crippen molar-refractivity contribution in [3.63, 3.8) is 0 Å². The smallest absolute Gasteiger partial charge is 0.0447 e. The molecule has 1 aromatic carbocycles. The number of hydrogen-bond donors (Lipinski definition) is 1. The van der Waals surface area contributed by atoms with Crippen LogP contribution >= 0.6 is 28.3 Å². The molecule has 1 aromatic rings. The Bertz CT molecular complexity index is 230. The summed E-state index contributed by atoms with van der Waals surface area (Å²) in [6.45, 7) is 1.14. The maximum absolute atomic E-state index is 3.39. The second kappa shape index (κ2) is 3.57. The van der Waals surface area contributed by atoms with Crippen molar-refractivity contribution in [3.05, 3.63) is 34.3 Å². The first-order chi connectivity index (χ1) is 4.86. The Hall–Kier alpha value is -0.0500. The lowest BCUT2D eigenvalue weighted by Crippen LogP contribution is -1.81. The molecule has 0 unspecified atom stereocenters. The van der Waals surface area contributed by atoms with E-state index in [2.05, 4.69) is 45.5 Å². The first kappa shape index (κ1) is 9.04. The van der Waals surface area contributed by atoms with Gasteiger partial charge in [-0.1, -0.05) is 28.1 Å². The molecule has 1 aliphatic heterocycles. The van der Waals surface area contributed by atoms with Gasteiger partial charge in [0.1, 0.15) is 0 Å². The third-order valence-corrected chi connectivity index (χ3v) is 2.21. The molecule has 0 aliphatic carbocycles. The van der Waals surface area contributed by atoms with Crippen LogP contribution in [0.5, 0.6) is 0 Å². The highest BCUT2D eigenvalue weighted by molar-refractivity contribution is 9.10. The largest absolute Gasteiger partial charge is 0.307 e. The minimum Gasteiger partial charge on any atom is -0.307 e. The standard InChI is InChI=1S/C8H8BrN.ClH/c9-7-3-1-6(2-4-7)8-5-10-8;/h1-4,8,10H,5H2;1H/t8-;/m1./s1. The van der Waals surface area contributed by atoms with Gasteiger partial charge in [0.25, 0.3) is 0 Å². The molecular formula is C8H9BrClN. The van der Waals surface area contributed by atoms with Crippen molar-refractivity contribution in [2.24, 2.45) is 0 Å². The van der Waals surface area contributed by atoms with Crippen LogP contribution in [-0.2, 0) is 0 Å². The molecule has 0 spiro atoms. The zero-order chi connectivity index (χ0) is 6.97. The molecule has 0 radical (unpaired) electrons. The van der Waals surface area contributed by atoms with Gasteiger partial charge in [0.15, 0.2) is 0 Å². The summed E-state index contributed by atoms with van der Waals surface area (Å²) in [7, 11) is 0. The van der Waals surface area contributed by atoms with Crippen molar-refractivity contribution in [3.8, 4) is 0 Å². The average molecular weight is 235 g/mol. The Morgan fingerprint density at radius 1 is 1.27 bits per heavy atom. The number of halogens is 2. The SMILES string of the molecule is Brc1ccc([C@H]2CN2)cc1.Cl. The monoisotopic (exact) mass is 233 g/mol. The molecule has 0 bridgehead atoms. The zero-order valence-corrected chi connectivity index (χ0v) is 8.28. The van der Waals surface area contributed by atoms with Crippen LogP contribution in [0.2, 0.25) is 0 Å². The third kappa shape index (κ3) is 2.19. The van der Waals surface area contributed by atoms with E-state index in [1.807, 2.05) is 0 Å². The van der Waals surface area contributed by atoms with Crippen molar-refractivity contribution >= 4 is 28.3 Å². The third-order valence-electron chi connectivity index (χ3n) is 1.68. The quantitative estimate of drug-likeness (QED) is 0.741. The fraction of sp³-hybridized carbons (Fsp3) is 0.250. The molecule has 0 saturated carbocycles. The predicted octanol–water partition coefficient (Wildman–Crippen LogP) is 2.52. The lowest BCUT2D eigenvalue weighted by atomic mass is 10.2. The number of rotatable bonds is 1. The molecule has 11 heavy (non-hydrogen) atoms. The highest BCUT2D eigenvalue weighted by atomic mass is 79.9. The maximum atomic E-state index is 3.39. The molecule has 1 saturated heterocycles. The fourth-order valence-corrected chi connectivity index (χ4v) is 1.25. The van der Waals surface area contributed by atoms with Crippen LogP contribution < -0.4 is 5.32 Å². The van der Waals surface area contributed by atoms with Crippen LogP contribution in [-0.4, -0.2) is 6.54 Å². The maximum Gasteiger partial charge on any atom is 0.0447 e. The van der Waals surface area contributed by atoms with Gasteiger partial charge < -0.3 is 5.32 Å². The van der Waals surface area contributed by atoms with Gasteiger partial charge in [-0.2, -0.15) is 0 Å². The second-order valence-corrected chi connectivity index (χ2v) is 3.43. The van der Waals surface area contributed by atoms with E-state index in [1.54, 1.807) is 0 Å². The normalized spacial score (nSPS) is 20.6. The van der Waals surface area contributed by atoms with Crippen LogP contribution in [0, 0.1) is 0 Å². The van der Waals surface area contributed by atoms with E-state index in [1.165, 1.54) is 5.56 Å². The molecular weight excluding hydrogens is 225 g/mol. The molecule has 1 atom stereocenters. The van der Waals surface area contributed by atoms with Gasteiger partial charge in [0.05, 0.1) is 0 Å². The summed E-state index contributed by atoms with van der Waals surface area (Å²) in [5, 5.41) is 3.25. The van der Waals surface area contributed by atoms with Crippen LogP contribution in [0.1, 0.15) is 11.6 Å². The summed E-state index contributed by atoms with van der Waals surface area (Å²) in [6, 6.07) is 9.09. The molecule has 1 aliphatic rings. The lowest BCUT2D eigenvalue weighted by Gasteiger charge is -1.94. The van der Waals surface area contributed by atoms with Gasteiger partial charge in [-0.3, -0.25) is 0 Å². The van der Waals surface area contributed by atoms with Gasteiger partial charge >= 0.3 is 0 Å². The summed E-state index contributed by atoms with van der Waals surface area (Å²) in [6.07, 6.45) is 0. The van der Waals surface area contributed by atoms with Crippen molar-refractivity contribution in [1.82, 2.24) is 5.32 Å². The first-order valence-corrected chi connectivity index (χ1v) is 4.14. The van der Waals surface area contributed by atoms with E-state index in [-0.39, 0.29) is 12.4 Å². The van der Waals surface area contributed by atoms with E-state index in [9.17, 15) is 0 Å². The van der Waals surface area contributed by atoms with Gasteiger partial charge in [-0.05, 0) is 17.7 Å². The van der Waals surface area contributed by atoms with Crippen LogP contribution in [0.3, 0.4) is 0 Å². The second-order valence-electron chi connectivity index (χ2n) is 2.51. The van der Waals surface area contributed by atoms with Crippen LogP contribution in [0.25, 0.3) is 0 Å². The molecule has 1 nitrogen and oxygen atoms in total. The molecule has 0 amide bonds. The van der Waals surface area contributed by atoms with Gasteiger partial charge in [0, 0.05) is 17.1 Å². The average Bonchev–Trinajstić information content (AvgIpc) is 2.71.